The molecule has 0 spiro atoms. The molecule has 0 fully saturated rings. The quantitative estimate of drug-likeness (QED) is 0.714. The minimum atomic E-state index is -0.473. The fourth-order valence-electron chi connectivity index (χ4n) is 1.52. The fraction of sp³-hybridized carbons (Fsp3) is 0.0833. The molecule has 0 unspecified atom stereocenters. The Morgan fingerprint density at radius 3 is 2.84 bits per heavy atom. The maximum absolute atomic E-state index is 11.9. The Balaban J connectivity index is 2.18. The van der Waals surface area contributed by atoms with Gasteiger partial charge in [-0.05, 0) is 18.2 Å². The van der Waals surface area contributed by atoms with Gasteiger partial charge in [0.25, 0.3) is 5.91 Å². The molecule has 0 aliphatic rings. The molecular formula is C12H12N4O3. The number of nitrogen functional groups attached to an aromatic ring is 1. The molecule has 7 nitrogen and oxygen atoms in total. The maximum atomic E-state index is 11.9. The molecule has 0 aliphatic carbocycles. The van der Waals surface area contributed by atoms with E-state index >= 15 is 0 Å². The lowest BCUT2D eigenvalue weighted by Gasteiger charge is -2.06. The lowest BCUT2D eigenvalue weighted by Crippen LogP contribution is -2.13. The molecule has 1 amide bonds. The Morgan fingerprint density at radius 1 is 1.42 bits per heavy atom. The maximum Gasteiger partial charge on any atom is 0.337 e. The molecule has 0 radical (unpaired) electrons. The normalized spacial score (nSPS) is 9.95. The second kappa shape index (κ2) is 5.21. The molecule has 0 atom stereocenters. The van der Waals surface area contributed by atoms with Crippen molar-refractivity contribution in [1.29, 1.82) is 0 Å². The van der Waals surface area contributed by atoms with Gasteiger partial charge in [0.2, 0.25) is 0 Å². The van der Waals surface area contributed by atoms with Gasteiger partial charge in [0, 0.05) is 5.69 Å². The zero-order valence-corrected chi connectivity index (χ0v) is 10.1. The number of nitrogens with two attached hydrogens (primary N) is 1. The highest BCUT2D eigenvalue weighted by Gasteiger charge is 2.12. The number of H-pyrrole nitrogens is 1. The summed E-state index contributed by atoms with van der Waals surface area (Å²) >= 11 is 0. The molecule has 4 N–H and O–H groups in total. The summed E-state index contributed by atoms with van der Waals surface area (Å²) in [6, 6.07) is 6.40. The minimum absolute atomic E-state index is 0.182. The van der Waals surface area contributed by atoms with E-state index < -0.39 is 11.9 Å². The van der Waals surface area contributed by atoms with Gasteiger partial charge in [-0.15, -0.1) is 0 Å². The van der Waals surface area contributed by atoms with Crippen molar-refractivity contribution in [2.24, 2.45) is 0 Å². The van der Waals surface area contributed by atoms with Gasteiger partial charge in [0.15, 0.2) is 0 Å². The first kappa shape index (κ1) is 12.6. The molecule has 2 rings (SSSR count). The van der Waals surface area contributed by atoms with Gasteiger partial charge in [-0.3, -0.25) is 9.89 Å². The minimum Gasteiger partial charge on any atom is -0.465 e. The van der Waals surface area contributed by atoms with Crippen LogP contribution in [0.1, 0.15) is 20.7 Å². The van der Waals surface area contributed by atoms with E-state index in [9.17, 15) is 9.59 Å². The lowest BCUT2D eigenvalue weighted by atomic mass is 10.2. The van der Waals surface area contributed by atoms with Crippen LogP contribution in [0, 0.1) is 0 Å². The summed E-state index contributed by atoms with van der Waals surface area (Å²) in [5.74, 6) is -0.700. The SMILES string of the molecule is COC(=O)c1cccc(NC(=O)c2cn[nH]c2N)c1. The van der Waals surface area contributed by atoms with Crippen LogP contribution < -0.4 is 11.1 Å². The van der Waals surface area contributed by atoms with Crippen molar-refractivity contribution in [2.45, 2.75) is 0 Å². The van der Waals surface area contributed by atoms with Crippen molar-refractivity contribution >= 4 is 23.4 Å². The second-order valence-corrected chi connectivity index (χ2v) is 3.72. The number of ether oxygens (including phenoxy) is 1. The van der Waals surface area contributed by atoms with E-state index in [1.54, 1.807) is 18.2 Å². The number of methoxy groups -OCH3 is 1. The molecule has 1 heterocycles. The van der Waals surface area contributed by atoms with Gasteiger partial charge in [-0.1, -0.05) is 6.07 Å². The number of esters is 1. The summed E-state index contributed by atoms with van der Waals surface area (Å²) in [6.45, 7) is 0. The highest BCUT2D eigenvalue weighted by atomic mass is 16.5. The van der Waals surface area contributed by atoms with Gasteiger partial charge >= 0.3 is 5.97 Å². The Kier molecular flexibility index (Phi) is 3.46. The van der Waals surface area contributed by atoms with Crippen molar-refractivity contribution in [1.82, 2.24) is 10.2 Å². The van der Waals surface area contributed by atoms with E-state index in [0.717, 1.165) is 0 Å². The molecule has 7 heteroatoms. The van der Waals surface area contributed by atoms with Crippen LogP contribution in [0.15, 0.2) is 30.5 Å². The third kappa shape index (κ3) is 2.71. The summed E-state index contributed by atoms with van der Waals surface area (Å²) in [4.78, 5) is 23.2. The number of hydrogen-bond donors (Lipinski definition) is 3. The number of amides is 1. The van der Waals surface area contributed by atoms with E-state index in [4.69, 9.17) is 5.73 Å². The monoisotopic (exact) mass is 260 g/mol. The molecule has 98 valence electrons. The van der Waals surface area contributed by atoms with Crippen LogP contribution in [0.25, 0.3) is 0 Å². The molecule has 0 saturated heterocycles. The van der Waals surface area contributed by atoms with Gasteiger partial charge < -0.3 is 15.8 Å². The van der Waals surface area contributed by atoms with E-state index in [0.29, 0.717) is 11.3 Å². The van der Waals surface area contributed by atoms with Crippen molar-refractivity contribution in [2.75, 3.05) is 18.2 Å². The fourth-order valence-corrected chi connectivity index (χ4v) is 1.52. The highest BCUT2D eigenvalue weighted by molar-refractivity contribution is 6.07. The van der Waals surface area contributed by atoms with Crippen LogP contribution in [0.5, 0.6) is 0 Å². The Bertz CT molecular complexity index is 621. The molecular weight excluding hydrogens is 248 g/mol. The van der Waals surface area contributed by atoms with Crippen LogP contribution >= 0.6 is 0 Å². The van der Waals surface area contributed by atoms with Gasteiger partial charge in [0.1, 0.15) is 11.4 Å². The lowest BCUT2D eigenvalue weighted by molar-refractivity contribution is 0.0600. The second-order valence-electron chi connectivity index (χ2n) is 3.72. The van der Waals surface area contributed by atoms with Crippen LogP contribution in [0.2, 0.25) is 0 Å². The first-order valence-corrected chi connectivity index (χ1v) is 5.40. The average Bonchev–Trinajstić information content (AvgIpc) is 2.84. The van der Waals surface area contributed by atoms with Crippen LogP contribution in [-0.2, 0) is 4.74 Å². The number of hydrogen-bond acceptors (Lipinski definition) is 5. The third-order valence-electron chi connectivity index (χ3n) is 2.45. The van der Waals surface area contributed by atoms with Crippen molar-refractivity contribution in [3.05, 3.63) is 41.6 Å². The summed E-state index contributed by atoms with van der Waals surface area (Å²) < 4.78 is 4.60. The molecule has 19 heavy (non-hydrogen) atoms. The largest absolute Gasteiger partial charge is 0.465 e. The van der Waals surface area contributed by atoms with E-state index in [1.807, 2.05) is 0 Å². The van der Waals surface area contributed by atoms with Crippen LogP contribution in [0.4, 0.5) is 11.5 Å². The van der Waals surface area contributed by atoms with E-state index in [1.165, 1.54) is 19.4 Å². The van der Waals surface area contributed by atoms with E-state index in [-0.39, 0.29) is 11.4 Å². The Hall–Kier alpha value is -2.83. The first-order chi connectivity index (χ1) is 9.11. The molecule has 1 aromatic carbocycles. The number of aromatic amines is 1. The number of nitrogens with one attached hydrogen (secondary N) is 2. The highest BCUT2D eigenvalue weighted by Crippen LogP contribution is 2.14. The topological polar surface area (TPSA) is 110 Å². The Labute approximate surface area is 108 Å². The Morgan fingerprint density at radius 2 is 2.21 bits per heavy atom. The van der Waals surface area contributed by atoms with Crippen molar-refractivity contribution < 1.29 is 14.3 Å². The first-order valence-electron chi connectivity index (χ1n) is 5.40. The number of rotatable bonds is 3. The van der Waals surface area contributed by atoms with E-state index in [2.05, 4.69) is 20.3 Å². The predicted molar refractivity (Wildman–Crippen MR) is 68.7 cm³/mol. The van der Waals surface area contributed by atoms with Crippen molar-refractivity contribution in [3.8, 4) is 0 Å². The smallest absolute Gasteiger partial charge is 0.337 e. The summed E-state index contributed by atoms with van der Waals surface area (Å²) in [7, 11) is 1.29. The average molecular weight is 260 g/mol. The molecule has 0 bridgehead atoms. The van der Waals surface area contributed by atoms with Gasteiger partial charge in [0.05, 0.1) is 18.9 Å². The van der Waals surface area contributed by atoms with Crippen LogP contribution in [0.3, 0.4) is 0 Å². The summed E-state index contributed by atoms with van der Waals surface area (Å²) in [5.41, 5.74) is 6.59. The standard InChI is InChI=1S/C12H12N4O3/c1-19-12(18)7-3-2-4-8(5-7)15-11(17)9-6-14-16-10(9)13/h2-6H,1H3,(H,15,17)(H3,13,14,16). The zero-order valence-electron chi connectivity index (χ0n) is 10.1. The molecule has 0 saturated carbocycles. The van der Waals surface area contributed by atoms with Gasteiger partial charge in [-0.2, -0.15) is 5.10 Å². The molecule has 1 aromatic heterocycles. The zero-order chi connectivity index (χ0) is 13.8. The van der Waals surface area contributed by atoms with Crippen LogP contribution in [-0.4, -0.2) is 29.2 Å². The van der Waals surface area contributed by atoms with Gasteiger partial charge in [-0.25, -0.2) is 4.79 Å². The summed E-state index contributed by atoms with van der Waals surface area (Å²) in [6.07, 6.45) is 1.33. The third-order valence-corrected chi connectivity index (χ3v) is 2.45. The number of nitrogens with zero attached hydrogens (tertiary/aromatic N) is 1. The number of aromatic nitrogens is 2. The number of carbonyl (C=O) groups excluding carboxylic acids is 2. The molecule has 0 aliphatic heterocycles. The summed E-state index contributed by atoms with van der Waals surface area (Å²) in [5, 5.41) is 8.74. The number of anilines is 2. The predicted octanol–water partition coefficient (Wildman–Crippen LogP) is 1.03. The molecule has 2 aromatic rings. The number of carbonyl (C=O) groups is 2. The number of benzene rings is 1. The van der Waals surface area contributed by atoms with Crippen molar-refractivity contribution in [3.63, 3.8) is 0 Å².